The third kappa shape index (κ3) is 6.95. The zero-order valence-electron chi connectivity index (χ0n) is 13.5. The summed E-state index contributed by atoms with van der Waals surface area (Å²) >= 11 is 0. The van der Waals surface area contributed by atoms with E-state index in [1.54, 1.807) is 0 Å². The van der Waals surface area contributed by atoms with Gasteiger partial charge < -0.3 is 10.2 Å². The predicted octanol–water partition coefficient (Wildman–Crippen LogP) is 3.05. The molecule has 0 saturated carbocycles. The van der Waals surface area contributed by atoms with Crippen LogP contribution in [0.1, 0.15) is 59.8 Å². The molecule has 1 aliphatic rings. The van der Waals surface area contributed by atoms with Gasteiger partial charge in [-0.3, -0.25) is 4.79 Å². The smallest absolute Gasteiger partial charge is 0.222 e. The molecule has 0 radical (unpaired) electrons. The molecule has 2 unspecified atom stereocenters. The quantitative estimate of drug-likeness (QED) is 0.831. The summed E-state index contributed by atoms with van der Waals surface area (Å²) in [7, 11) is 1.95. The molecule has 0 aromatic heterocycles. The highest BCUT2D eigenvalue weighted by atomic mass is 16.2. The lowest BCUT2D eigenvalue weighted by molar-refractivity contribution is -0.131. The summed E-state index contributed by atoms with van der Waals surface area (Å²) in [6.45, 7) is 10.9. The van der Waals surface area contributed by atoms with Crippen molar-refractivity contribution in [3.8, 4) is 0 Å². The summed E-state index contributed by atoms with van der Waals surface area (Å²) in [6, 6.07) is 0.501. The Labute approximate surface area is 119 Å². The van der Waals surface area contributed by atoms with E-state index in [0.717, 1.165) is 19.5 Å². The Morgan fingerprint density at radius 3 is 2.58 bits per heavy atom. The molecule has 3 heteroatoms. The molecule has 1 rings (SSSR count). The van der Waals surface area contributed by atoms with Crippen molar-refractivity contribution in [1.29, 1.82) is 0 Å². The minimum atomic E-state index is 0.295. The number of amides is 1. The molecule has 1 N–H and O–H groups in total. The molecule has 1 heterocycles. The second kappa shape index (κ2) is 7.28. The monoisotopic (exact) mass is 268 g/mol. The standard InChI is InChI=1S/C16H32N2O/c1-13(11-16(2,3)4)10-15(19)18(5)12-14-8-6-7-9-17-14/h13-14,17H,6-12H2,1-5H3. The highest BCUT2D eigenvalue weighted by molar-refractivity contribution is 5.76. The maximum Gasteiger partial charge on any atom is 0.222 e. The van der Waals surface area contributed by atoms with Gasteiger partial charge in [0.2, 0.25) is 5.91 Å². The fourth-order valence-electron chi connectivity index (χ4n) is 3.08. The number of carbonyl (C=O) groups is 1. The van der Waals surface area contributed by atoms with Crippen LogP contribution in [0, 0.1) is 11.3 Å². The number of piperidine rings is 1. The Hall–Kier alpha value is -0.570. The van der Waals surface area contributed by atoms with Gasteiger partial charge in [-0.2, -0.15) is 0 Å². The zero-order valence-corrected chi connectivity index (χ0v) is 13.5. The van der Waals surface area contributed by atoms with Crippen molar-refractivity contribution in [2.45, 2.75) is 65.8 Å². The number of likely N-dealkylation sites (N-methyl/N-ethyl adjacent to an activating group) is 1. The molecule has 0 aromatic rings. The molecule has 1 fully saturated rings. The van der Waals surface area contributed by atoms with Gasteiger partial charge in [0.15, 0.2) is 0 Å². The van der Waals surface area contributed by atoms with E-state index in [1.807, 2.05) is 11.9 Å². The second-order valence-corrected chi connectivity index (χ2v) is 7.50. The fraction of sp³-hybridized carbons (Fsp3) is 0.938. The van der Waals surface area contributed by atoms with Crippen LogP contribution in [-0.2, 0) is 4.79 Å². The number of hydrogen-bond donors (Lipinski definition) is 1. The van der Waals surface area contributed by atoms with Crippen LogP contribution in [0.4, 0.5) is 0 Å². The number of rotatable bonds is 5. The first kappa shape index (κ1) is 16.5. The first-order chi connectivity index (χ1) is 8.78. The maximum absolute atomic E-state index is 12.2. The van der Waals surface area contributed by atoms with Crippen molar-refractivity contribution in [3.05, 3.63) is 0 Å². The Morgan fingerprint density at radius 2 is 2.05 bits per heavy atom. The third-order valence-corrected chi connectivity index (χ3v) is 3.82. The molecule has 0 bridgehead atoms. The van der Waals surface area contributed by atoms with Crippen LogP contribution in [0.25, 0.3) is 0 Å². The predicted molar refractivity (Wildman–Crippen MR) is 81.1 cm³/mol. The Morgan fingerprint density at radius 1 is 1.37 bits per heavy atom. The molecular weight excluding hydrogens is 236 g/mol. The average Bonchev–Trinajstić information content (AvgIpc) is 2.27. The Kier molecular flexibility index (Phi) is 6.31. The SMILES string of the molecule is CC(CC(=O)N(C)CC1CCCCN1)CC(C)(C)C. The minimum absolute atomic E-state index is 0.295. The molecular formula is C16H32N2O. The van der Waals surface area contributed by atoms with Crippen LogP contribution in [0.2, 0.25) is 0 Å². The van der Waals surface area contributed by atoms with Crippen LogP contribution >= 0.6 is 0 Å². The summed E-state index contributed by atoms with van der Waals surface area (Å²) in [4.78, 5) is 14.1. The fourth-order valence-corrected chi connectivity index (χ4v) is 3.08. The van der Waals surface area contributed by atoms with Crippen molar-refractivity contribution >= 4 is 5.91 Å². The van der Waals surface area contributed by atoms with E-state index in [9.17, 15) is 4.79 Å². The van der Waals surface area contributed by atoms with Crippen molar-refractivity contribution in [2.75, 3.05) is 20.1 Å². The first-order valence-electron chi connectivity index (χ1n) is 7.75. The number of nitrogens with one attached hydrogen (secondary N) is 1. The topological polar surface area (TPSA) is 32.3 Å². The van der Waals surface area contributed by atoms with E-state index >= 15 is 0 Å². The van der Waals surface area contributed by atoms with Crippen LogP contribution < -0.4 is 5.32 Å². The molecule has 1 aliphatic heterocycles. The highest BCUT2D eigenvalue weighted by Gasteiger charge is 2.21. The summed E-state index contributed by atoms with van der Waals surface area (Å²) in [5.74, 6) is 0.762. The summed E-state index contributed by atoms with van der Waals surface area (Å²) < 4.78 is 0. The van der Waals surface area contributed by atoms with Crippen molar-refractivity contribution in [3.63, 3.8) is 0 Å². The third-order valence-electron chi connectivity index (χ3n) is 3.82. The molecule has 19 heavy (non-hydrogen) atoms. The lowest BCUT2D eigenvalue weighted by Crippen LogP contribution is -2.44. The molecule has 0 spiro atoms. The summed E-state index contributed by atoms with van der Waals surface area (Å²) in [6.07, 6.45) is 5.56. The van der Waals surface area contributed by atoms with Gasteiger partial charge in [-0.1, -0.05) is 34.1 Å². The van der Waals surface area contributed by atoms with Crippen LogP contribution in [0.15, 0.2) is 0 Å². The van der Waals surface area contributed by atoms with Crippen molar-refractivity contribution in [2.24, 2.45) is 11.3 Å². The largest absolute Gasteiger partial charge is 0.344 e. The van der Waals surface area contributed by atoms with Crippen molar-refractivity contribution in [1.82, 2.24) is 10.2 Å². The number of hydrogen-bond acceptors (Lipinski definition) is 2. The average molecular weight is 268 g/mol. The Bertz CT molecular complexity index is 277. The zero-order chi connectivity index (χ0) is 14.5. The second-order valence-electron chi connectivity index (χ2n) is 7.50. The maximum atomic E-state index is 12.2. The van der Waals surface area contributed by atoms with E-state index in [0.29, 0.717) is 29.7 Å². The van der Waals surface area contributed by atoms with E-state index in [-0.39, 0.29) is 0 Å². The van der Waals surface area contributed by atoms with Gasteiger partial charge in [-0.15, -0.1) is 0 Å². The Balaban J connectivity index is 2.31. The molecule has 2 atom stereocenters. The van der Waals surface area contributed by atoms with E-state index in [2.05, 4.69) is 33.0 Å². The molecule has 0 aliphatic carbocycles. The van der Waals surface area contributed by atoms with Gasteiger partial charge in [0.05, 0.1) is 0 Å². The number of carbonyl (C=O) groups excluding carboxylic acids is 1. The molecule has 3 nitrogen and oxygen atoms in total. The van der Waals surface area contributed by atoms with Crippen LogP contribution in [0.5, 0.6) is 0 Å². The van der Waals surface area contributed by atoms with E-state index < -0.39 is 0 Å². The van der Waals surface area contributed by atoms with Crippen molar-refractivity contribution < 1.29 is 4.79 Å². The van der Waals surface area contributed by atoms with E-state index in [4.69, 9.17) is 0 Å². The van der Waals surface area contributed by atoms with Gasteiger partial charge in [-0.25, -0.2) is 0 Å². The molecule has 1 saturated heterocycles. The molecule has 112 valence electrons. The normalized spacial score (nSPS) is 22.1. The lowest BCUT2D eigenvalue weighted by Gasteiger charge is -2.29. The minimum Gasteiger partial charge on any atom is -0.344 e. The van der Waals surface area contributed by atoms with Gasteiger partial charge in [0.1, 0.15) is 0 Å². The van der Waals surface area contributed by atoms with Gasteiger partial charge in [-0.05, 0) is 37.1 Å². The highest BCUT2D eigenvalue weighted by Crippen LogP contribution is 2.26. The van der Waals surface area contributed by atoms with Gasteiger partial charge in [0.25, 0.3) is 0 Å². The number of nitrogens with zero attached hydrogens (tertiary/aromatic N) is 1. The van der Waals surface area contributed by atoms with Crippen LogP contribution in [0.3, 0.4) is 0 Å². The van der Waals surface area contributed by atoms with Gasteiger partial charge in [0, 0.05) is 26.1 Å². The lowest BCUT2D eigenvalue weighted by atomic mass is 9.84. The first-order valence-corrected chi connectivity index (χ1v) is 7.75. The van der Waals surface area contributed by atoms with Crippen LogP contribution in [-0.4, -0.2) is 37.0 Å². The molecule has 0 aromatic carbocycles. The van der Waals surface area contributed by atoms with Gasteiger partial charge >= 0.3 is 0 Å². The summed E-state index contributed by atoms with van der Waals surface area (Å²) in [5.41, 5.74) is 0.309. The summed E-state index contributed by atoms with van der Waals surface area (Å²) in [5, 5.41) is 3.50. The van der Waals surface area contributed by atoms with E-state index in [1.165, 1.54) is 19.3 Å². The molecule has 1 amide bonds.